The average molecular weight is 503 g/mol. The fourth-order valence-electron chi connectivity index (χ4n) is 2.98. The highest BCUT2D eigenvalue weighted by molar-refractivity contribution is 14.0. The maximum absolute atomic E-state index is 12.9. The van der Waals surface area contributed by atoms with Gasteiger partial charge in [-0.15, -0.1) is 24.0 Å². The lowest BCUT2D eigenvalue weighted by molar-refractivity contribution is -0.182. The SMILES string of the molecule is CN=C(NCC(C)Oc1ccc(F)cc1)NC1CCC(C(F)(F)F)CC1.I. The topological polar surface area (TPSA) is 45.7 Å². The van der Waals surface area contributed by atoms with E-state index in [0.717, 1.165) is 0 Å². The Morgan fingerprint density at radius 2 is 1.78 bits per heavy atom. The first-order valence-electron chi connectivity index (χ1n) is 8.74. The molecule has 1 atom stereocenters. The van der Waals surface area contributed by atoms with Gasteiger partial charge in [0.1, 0.15) is 17.7 Å². The maximum Gasteiger partial charge on any atom is 0.391 e. The maximum atomic E-state index is 12.9. The molecule has 1 aliphatic carbocycles. The van der Waals surface area contributed by atoms with Crippen molar-refractivity contribution in [2.24, 2.45) is 10.9 Å². The zero-order valence-electron chi connectivity index (χ0n) is 15.4. The molecule has 0 radical (unpaired) electrons. The number of benzene rings is 1. The number of hydrogen-bond acceptors (Lipinski definition) is 2. The van der Waals surface area contributed by atoms with Crippen molar-refractivity contribution < 1.29 is 22.3 Å². The summed E-state index contributed by atoms with van der Waals surface area (Å²) >= 11 is 0. The van der Waals surface area contributed by atoms with Crippen LogP contribution in [0.5, 0.6) is 5.75 Å². The monoisotopic (exact) mass is 503 g/mol. The molecule has 0 saturated heterocycles. The second-order valence-electron chi connectivity index (χ2n) is 6.57. The van der Waals surface area contributed by atoms with Crippen molar-refractivity contribution in [3.8, 4) is 5.75 Å². The van der Waals surface area contributed by atoms with E-state index < -0.39 is 12.1 Å². The lowest BCUT2D eigenvalue weighted by Crippen LogP contribution is -2.47. The summed E-state index contributed by atoms with van der Waals surface area (Å²) in [5.74, 6) is -0.420. The smallest absolute Gasteiger partial charge is 0.391 e. The Balaban J connectivity index is 0.00000364. The zero-order chi connectivity index (χ0) is 19.2. The Labute approximate surface area is 174 Å². The van der Waals surface area contributed by atoms with E-state index in [0.29, 0.717) is 31.1 Å². The van der Waals surface area contributed by atoms with Crippen LogP contribution in [0, 0.1) is 11.7 Å². The van der Waals surface area contributed by atoms with Crippen LogP contribution < -0.4 is 15.4 Å². The summed E-state index contributed by atoms with van der Waals surface area (Å²) in [4.78, 5) is 4.11. The van der Waals surface area contributed by atoms with Gasteiger partial charge in [-0.05, 0) is 56.9 Å². The number of rotatable bonds is 5. The predicted octanol–water partition coefficient (Wildman–Crippen LogP) is 4.50. The van der Waals surface area contributed by atoms with Gasteiger partial charge >= 0.3 is 6.18 Å². The molecule has 1 unspecified atom stereocenters. The normalized spacial score (nSPS) is 21.8. The van der Waals surface area contributed by atoms with Crippen molar-refractivity contribution >= 4 is 29.9 Å². The molecule has 2 rings (SSSR count). The summed E-state index contributed by atoms with van der Waals surface area (Å²) in [6.07, 6.45) is -3.08. The van der Waals surface area contributed by atoms with Crippen molar-refractivity contribution in [2.75, 3.05) is 13.6 Å². The molecule has 0 aromatic heterocycles. The largest absolute Gasteiger partial charge is 0.489 e. The van der Waals surface area contributed by atoms with Crippen molar-refractivity contribution in [3.05, 3.63) is 30.1 Å². The van der Waals surface area contributed by atoms with Crippen LogP contribution in [0.25, 0.3) is 0 Å². The molecule has 4 nitrogen and oxygen atoms in total. The van der Waals surface area contributed by atoms with Crippen molar-refractivity contribution in [1.29, 1.82) is 0 Å². The van der Waals surface area contributed by atoms with E-state index in [9.17, 15) is 17.6 Å². The Morgan fingerprint density at radius 1 is 1.19 bits per heavy atom. The van der Waals surface area contributed by atoms with E-state index >= 15 is 0 Å². The van der Waals surface area contributed by atoms with E-state index in [-0.39, 0.29) is 54.8 Å². The van der Waals surface area contributed by atoms with Gasteiger partial charge < -0.3 is 15.4 Å². The second-order valence-corrected chi connectivity index (χ2v) is 6.57. The third-order valence-electron chi connectivity index (χ3n) is 4.46. The molecule has 0 amide bonds. The van der Waals surface area contributed by atoms with Crippen LogP contribution in [0.2, 0.25) is 0 Å². The van der Waals surface area contributed by atoms with Crippen LogP contribution in [0.4, 0.5) is 17.6 Å². The quantitative estimate of drug-likeness (QED) is 0.269. The summed E-state index contributed by atoms with van der Waals surface area (Å²) in [5, 5.41) is 6.28. The van der Waals surface area contributed by atoms with Gasteiger partial charge in [0.2, 0.25) is 0 Å². The highest BCUT2D eigenvalue weighted by atomic mass is 127. The summed E-state index contributed by atoms with van der Waals surface area (Å²) in [6.45, 7) is 2.31. The van der Waals surface area contributed by atoms with Gasteiger partial charge in [0.25, 0.3) is 0 Å². The van der Waals surface area contributed by atoms with Gasteiger partial charge in [-0.2, -0.15) is 13.2 Å². The fourth-order valence-corrected chi connectivity index (χ4v) is 2.98. The molecule has 27 heavy (non-hydrogen) atoms. The van der Waals surface area contributed by atoms with Crippen LogP contribution in [-0.2, 0) is 0 Å². The Bertz CT molecular complexity index is 587. The zero-order valence-corrected chi connectivity index (χ0v) is 17.7. The van der Waals surface area contributed by atoms with Gasteiger partial charge in [0.05, 0.1) is 12.5 Å². The van der Waals surface area contributed by atoms with Gasteiger partial charge in [0, 0.05) is 13.1 Å². The molecule has 1 saturated carbocycles. The minimum Gasteiger partial charge on any atom is -0.489 e. The Hall–Kier alpha value is -1.26. The molecule has 0 aliphatic heterocycles. The third-order valence-corrected chi connectivity index (χ3v) is 4.46. The second kappa shape index (κ2) is 10.9. The van der Waals surface area contributed by atoms with E-state index in [1.807, 2.05) is 6.92 Å². The predicted molar refractivity (Wildman–Crippen MR) is 108 cm³/mol. The molecule has 9 heteroatoms. The lowest BCUT2D eigenvalue weighted by Gasteiger charge is -2.31. The summed E-state index contributed by atoms with van der Waals surface area (Å²) in [6, 6.07) is 5.74. The highest BCUT2D eigenvalue weighted by Crippen LogP contribution is 2.37. The van der Waals surface area contributed by atoms with Crippen molar-refractivity contribution in [3.63, 3.8) is 0 Å². The van der Waals surface area contributed by atoms with Gasteiger partial charge in [-0.3, -0.25) is 4.99 Å². The Kier molecular flexibility index (Phi) is 9.61. The van der Waals surface area contributed by atoms with Crippen LogP contribution in [0.15, 0.2) is 29.3 Å². The lowest BCUT2D eigenvalue weighted by atomic mass is 9.85. The van der Waals surface area contributed by atoms with E-state index in [1.54, 1.807) is 19.2 Å². The van der Waals surface area contributed by atoms with Crippen LogP contribution in [-0.4, -0.2) is 37.9 Å². The number of hydrogen-bond donors (Lipinski definition) is 2. The number of ether oxygens (including phenoxy) is 1. The molecule has 154 valence electrons. The first-order valence-corrected chi connectivity index (χ1v) is 8.74. The minimum absolute atomic E-state index is 0. The first kappa shape index (κ1) is 23.8. The molecule has 0 heterocycles. The van der Waals surface area contributed by atoms with E-state index in [2.05, 4.69) is 15.6 Å². The molecular weight excluding hydrogens is 477 g/mol. The molecular formula is C18H26F4IN3O. The Morgan fingerprint density at radius 3 is 2.30 bits per heavy atom. The van der Waals surface area contributed by atoms with Gasteiger partial charge in [0.15, 0.2) is 5.96 Å². The summed E-state index contributed by atoms with van der Waals surface area (Å²) in [7, 11) is 1.61. The van der Waals surface area contributed by atoms with Crippen molar-refractivity contribution in [2.45, 2.75) is 50.9 Å². The first-order chi connectivity index (χ1) is 12.3. The number of aliphatic imine (C=N–C) groups is 1. The summed E-state index contributed by atoms with van der Waals surface area (Å²) < 4.78 is 56.7. The number of halogens is 5. The van der Waals surface area contributed by atoms with Crippen LogP contribution >= 0.6 is 24.0 Å². The summed E-state index contributed by atoms with van der Waals surface area (Å²) in [5.41, 5.74) is 0. The van der Waals surface area contributed by atoms with Crippen LogP contribution in [0.1, 0.15) is 32.6 Å². The van der Waals surface area contributed by atoms with E-state index in [1.165, 1.54) is 12.1 Å². The molecule has 2 N–H and O–H groups in total. The molecule has 1 fully saturated rings. The van der Waals surface area contributed by atoms with Gasteiger partial charge in [-0.25, -0.2) is 4.39 Å². The standard InChI is InChI=1S/C18H25F4N3O.HI/c1-12(26-16-9-5-14(19)6-10-16)11-24-17(23-2)25-15-7-3-13(4-8-15)18(20,21)22;/h5-6,9-10,12-13,15H,3-4,7-8,11H2,1-2H3,(H2,23,24,25);1H. The van der Waals surface area contributed by atoms with E-state index in [4.69, 9.17) is 4.74 Å². The number of guanidine groups is 1. The average Bonchev–Trinajstić information content (AvgIpc) is 2.60. The molecule has 0 spiro atoms. The number of nitrogens with zero attached hydrogens (tertiary/aromatic N) is 1. The number of nitrogens with one attached hydrogen (secondary N) is 2. The molecule has 1 aromatic rings. The number of alkyl halides is 3. The molecule has 1 aliphatic rings. The van der Waals surface area contributed by atoms with Crippen molar-refractivity contribution in [1.82, 2.24) is 10.6 Å². The molecule has 0 bridgehead atoms. The van der Waals surface area contributed by atoms with Gasteiger partial charge in [-0.1, -0.05) is 0 Å². The third kappa shape index (κ3) is 8.10. The fraction of sp³-hybridized carbons (Fsp3) is 0.611. The van der Waals surface area contributed by atoms with Crippen LogP contribution in [0.3, 0.4) is 0 Å². The minimum atomic E-state index is -4.10. The molecule has 1 aromatic carbocycles. The highest BCUT2D eigenvalue weighted by Gasteiger charge is 2.41.